The summed E-state index contributed by atoms with van der Waals surface area (Å²) in [5.41, 5.74) is -2.90. The molecule has 3 spiro atoms. The van der Waals surface area contributed by atoms with Crippen molar-refractivity contribution in [1.82, 2.24) is 5.32 Å². The number of methoxy groups -OCH3 is 2. The Balaban J connectivity index is 1.67. The van der Waals surface area contributed by atoms with E-state index in [0.717, 1.165) is 19.3 Å². The number of carbonyl (C=O) groups is 2. The van der Waals surface area contributed by atoms with Gasteiger partial charge in [0.1, 0.15) is 17.3 Å². The molecule has 7 fully saturated rings. The Labute approximate surface area is 170 Å². The first-order valence-electron chi connectivity index (χ1n) is 10.9. The van der Waals surface area contributed by atoms with Crippen LogP contribution < -0.4 is 5.32 Å². The van der Waals surface area contributed by atoms with Crippen molar-refractivity contribution in [3.05, 3.63) is 0 Å². The molecule has 4 aliphatic carbocycles. The fraction of sp³-hybridized carbons (Fsp3) is 0.909. The first kappa shape index (κ1) is 18.9. The van der Waals surface area contributed by atoms with E-state index < -0.39 is 34.4 Å². The predicted molar refractivity (Wildman–Crippen MR) is 101 cm³/mol. The molecule has 0 amide bonds. The van der Waals surface area contributed by atoms with Gasteiger partial charge in [-0.1, -0.05) is 13.8 Å². The predicted octanol–water partition coefficient (Wildman–Crippen LogP) is 0.678. The van der Waals surface area contributed by atoms with Crippen LogP contribution in [-0.2, 0) is 23.8 Å². The number of fused-ring (bicyclic) bond motifs is 3. The van der Waals surface area contributed by atoms with Crippen LogP contribution in [0, 0.1) is 34.0 Å². The Morgan fingerprint density at radius 1 is 1.21 bits per heavy atom. The maximum absolute atomic E-state index is 14.2. The van der Waals surface area contributed by atoms with Crippen molar-refractivity contribution in [2.45, 2.75) is 63.1 Å². The Morgan fingerprint density at radius 2 is 1.93 bits per heavy atom. The lowest BCUT2D eigenvalue weighted by atomic mass is 9.36. The molecule has 4 bridgehead atoms. The number of aliphatic hydroxyl groups excluding tert-OH is 1. The number of hydrogen-bond donors (Lipinski definition) is 2. The van der Waals surface area contributed by atoms with Gasteiger partial charge >= 0.3 is 0 Å². The maximum Gasteiger partial charge on any atom is 0.210 e. The number of ether oxygens (including phenoxy) is 3. The Morgan fingerprint density at radius 3 is 2.55 bits per heavy atom. The van der Waals surface area contributed by atoms with Crippen LogP contribution in [0.3, 0.4) is 0 Å². The van der Waals surface area contributed by atoms with Crippen LogP contribution in [0.2, 0.25) is 0 Å². The summed E-state index contributed by atoms with van der Waals surface area (Å²) in [5, 5.41) is 15.2. The molecule has 4 saturated carbocycles. The van der Waals surface area contributed by atoms with Crippen molar-refractivity contribution in [2.75, 3.05) is 27.4 Å². The number of rotatable bonds is 2. The molecule has 3 saturated heterocycles. The highest BCUT2D eigenvalue weighted by Crippen LogP contribution is 2.78. The highest BCUT2D eigenvalue weighted by Gasteiger charge is 2.91. The molecule has 0 radical (unpaired) electrons. The smallest absolute Gasteiger partial charge is 0.210 e. The van der Waals surface area contributed by atoms with E-state index in [2.05, 4.69) is 19.2 Å². The topological polar surface area (TPSA) is 104 Å². The monoisotopic (exact) mass is 405 g/mol. The first-order valence-corrected chi connectivity index (χ1v) is 10.9. The normalized spacial score (nSPS) is 59.0. The third-order valence-corrected chi connectivity index (χ3v) is 10.0. The summed E-state index contributed by atoms with van der Waals surface area (Å²) < 4.78 is 18.4. The minimum absolute atomic E-state index is 0.0139. The van der Waals surface area contributed by atoms with Crippen LogP contribution in [0.15, 0.2) is 0 Å². The number of ketones is 2. The third kappa shape index (κ3) is 1.58. The zero-order valence-corrected chi connectivity index (χ0v) is 17.6. The molecule has 7 heteroatoms. The van der Waals surface area contributed by atoms with Crippen molar-refractivity contribution in [3.63, 3.8) is 0 Å². The van der Waals surface area contributed by atoms with Gasteiger partial charge in [0.25, 0.3) is 0 Å². The molecule has 9 atom stereocenters. The zero-order chi connectivity index (χ0) is 20.6. The molecular formula is C22H31NO6. The molecule has 7 nitrogen and oxygen atoms in total. The van der Waals surface area contributed by atoms with E-state index in [1.165, 1.54) is 7.11 Å². The van der Waals surface area contributed by atoms with E-state index in [9.17, 15) is 14.7 Å². The van der Waals surface area contributed by atoms with Crippen LogP contribution in [-0.4, -0.2) is 67.6 Å². The van der Waals surface area contributed by atoms with E-state index in [0.29, 0.717) is 13.0 Å². The van der Waals surface area contributed by atoms with Gasteiger partial charge in [-0.3, -0.25) is 9.59 Å². The average molecular weight is 405 g/mol. The highest BCUT2D eigenvalue weighted by atomic mass is 16.7. The van der Waals surface area contributed by atoms with Gasteiger partial charge in [-0.25, -0.2) is 0 Å². The zero-order valence-electron chi connectivity index (χ0n) is 17.6. The number of hydrogen-bond acceptors (Lipinski definition) is 7. The van der Waals surface area contributed by atoms with E-state index in [-0.39, 0.29) is 41.3 Å². The van der Waals surface area contributed by atoms with Gasteiger partial charge in [0, 0.05) is 39.0 Å². The molecule has 7 rings (SSSR count). The summed E-state index contributed by atoms with van der Waals surface area (Å²) in [7, 11) is 3.16. The summed E-state index contributed by atoms with van der Waals surface area (Å²) >= 11 is 0. The Kier molecular flexibility index (Phi) is 3.34. The summed E-state index contributed by atoms with van der Waals surface area (Å²) in [6.07, 6.45) is 1.29. The number of nitrogens with one attached hydrogen (secondary N) is 1. The molecule has 160 valence electrons. The van der Waals surface area contributed by atoms with E-state index >= 15 is 0 Å². The number of Topliss-reactive ketones (excluding diaryl/α,β-unsaturated/α-hetero) is 2. The van der Waals surface area contributed by atoms with Crippen LogP contribution in [0.5, 0.6) is 0 Å². The standard InChI is InChI=1S/C22H31NO6/c1-18(2)8-7-13(24)19-10-29-22(28-4,15(25)14(18)19)21-12(19)6-5-11(16(21)27-3)20(9-23-20)17(21)26/h11-12,14-16,23,25H,5-10H2,1-4H3/t11-,12?,14?,15+,16-,19-,20?,21-,22+/m1/s1. The van der Waals surface area contributed by atoms with Gasteiger partial charge in [0.2, 0.25) is 5.79 Å². The molecule has 2 N–H and O–H groups in total. The van der Waals surface area contributed by atoms with Gasteiger partial charge in [-0.2, -0.15) is 0 Å². The summed E-state index contributed by atoms with van der Waals surface area (Å²) in [6.45, 7) is 5.10. The molecule has 0 aromatic rings. The second-order valence-electron chi connectivity index (χ2n) is 11.0. The molecule has 29 heavy (non-hydrogen) atoms. The summed E-state index contributed by atoms with van der Waals surface area (Å²) in [5.74, 6) is -1.84. The van der Waals surface area contributed by atoms with Gasteiger partial charge in [-0.15, -0.1) is 0 Å². The highest BCUT2D eigenvalue weighted by molar-refractivity contribution is 6.03. The summed E-state index contributed by atoms with van der Waals surface area (Å²) in [4.78, 5) is 27.8. The lowest BCUT2D eigenvalue weighted by Crippen LogP contribution is -2.85. The van der Waals surface area contributed by atoms with Gasteiger partial charge < -0.3 is 24.6 Å². The Bertz CT molecular complexity index is 822. The molecule has 0 aromatic heterocycles. The van der Waals surface area contributed by atoms with E-state index in [1.54, 1.807) is 7.11 Å². The maximum atomic E-state index is 14.2. The number of carbonyl (C=O) groups excluding carboxylic acids is 2. The first-order chi connectivity index (χ1) is 13.7. The molecule has 3 heterocycles. The van der Waals surface area contributed by atoms with Crippen molar-refractivity contribution >= 4 is 11.6 Å². The summed E-state index contributed by atoms with van der Waals surface area (Å²) in [6, 6.07) is 0. The second kappa shape index (κ2) is 5.13. The molecular weight excluding hydrogens is 374 g/mol. The van der Waals surface area contributed by atoms with Crippen LogP contribution >= 0.6 is 0 Å². The van der Waals surface area contributed by atoms with Gasteiger partial charge in [0.05, 0.1) is 23.7 Å². The fourth-order valence-corrected chi connectivity index (χ4v) is 9.03. The minimum atomic E-state index is -1.48. The second-order valence-corrected chi connectivity index (χ2v) is 11.0. The van der Waals surface area contributed by atoms with Crippen molar-refractivity contribution in [2.24, 2.45) is 34.0 Å². The largest absolute Gasteiger partial charge is 0.387 e. The van der Waals surface area contributed by atoms with E-state index in [1.807, 2.05) is 0 Å². The van der Waals surface area contributed by atoms with Crippen LogP contribution in [0.4, 0.5) is 0 Å². The minimum Gasteiger partial charge on any atom is -0.387 e. The molecule has 3 aliphatic heterocycles. The van der Waals surface area contributed by atoms with Crippen molar-refractivity contribution < 1.29 is 28.9 Å². The average Bonchev–Trinajstić information content (AvgIpc) is 3.49. The van der Waals surface area contributed by atoms with Crippen molar-refractivity contribution in [3.8, 4) is 0 Å². The van der Waals surface area contributed by atoms with Crippen LogP contribution in [0.25, 0.3) is 0 Å². The van der Waals surface area contributed by atoms with Gasteiger partial charge in [0.15, 0.2) is 5.78 Å². The van der Waals surface area contributed by atoms with E-state index in [4.69, 9.17) is 14.2 Å². The lowest BCUT2D eigenvalue weighted by molar-refractivity contribution is -0.444. The lowest BCUT2D eigenvalue weighted by Gasteiger charge is -2.74. The van der Waals surface area contributed by atoms with Gasteiger partial charge in [-0.05, 0) is 30.6 Å². The molecule has 0 aromatic carbocycles. The third-order valence-electron chi connectivity index (χ3n) is 10.0. The fourth-order valence-electron chi connectivity index (χ4n) is 9.03. The molecule has 7 aliphatic rings. The Hall–Kier alpha value is -0.860. The number of aliphatic hydroxyl groups is 1. The van der Waals surface area contributed by atoms with Crippen molar-refractivity contribution in [1.29, 1.82) is 0 Å². The SMILES string of the molecule is CO[C@@H]1[C@H]2CCC3[C@@]45CO[C@@](OC)([C@@H](O)C4C(C)(C)CCC5=O)[C@]31C(=O)C21CN1. The quantitative estimate of drug-likeness (QED) is 0.651. The van der Waals surface area contributed by atoms with Crippen LogP contribution in [0.1, 0.15) is 39.5 Å². The molecule has 3 unspecified atom stereocenters.